The molecule has 0 spiro atoms. The van der Waals surface area contributed by atoms with Gasteiger partial charge in [0.2, 0.25) is 0 Å². The summed E-state index contributed by atoms with van der Waals surface area (Å²) in [4.78, 5) is 1.38. The fourth-order valence-electron chi connectivity index (χ4n) is 0.577. The van der Waals surface area contributed by atoms with E-state index < -0.39 is 6.68 Å². The van der Waals surface area contributed by atoms with Gasteiger partial charge >= 0.3 is 6.68 Å². The van der Waals surface area contributed by atoms with Crippen molar-refractivity contribution in [3.05, 3.63) is 30.3 Å². The van der Waals surface area contributed by atoms with Gasteiger partial charge in [0.15, 0.2) is 4.90 Å². The first kappa shape index (κ1) is 11.4. The van der Waals surface area contributed by atoms with E-state index in [1.54, 1.807) is 0 Å². The number of rotatable bonds is 1. The number of alkyl halides is 3. The molecule has 0 bridgehead atoms. The highest BCUT2D eigenvalue weighted by Crippen LogP contribution is 1.97. The quantitative estimate of drug-likeness (QED) is 0.477. The second kappa shape index (κ2) is 7.03. The molecule has 0 radical (unpaired) electrons. The summed E-state index contributed by atoms with van der Waals surface area (Å²) in [5.41, 5.74) is 0. The number of hydrogen-bond donors (Lipinski definition) is 0. The summed E-state index contributed by atoms with van der Waals surface area (Å²) in [6.45, 7) is -3.67. The summed E-state index contributed by atoms with van der Waals surface area (Å²) in [5, 5.41) is 0. The molecule has 12 heavy (non-hydrogen) atoms. The Hall–Kier alpha value is -0.640. The lowest BCUT2D eigenvalue weighted by Crippen LogP contribution is -1.73. The van der Waals surface area contributed by atoms with Crippen molar-refractivity contribution in [2.75, 3.05) is 6.26 Å². The van der Waals surface area contributed by atoms with Crippen molar-refractivity contribution in [1.82, 2.24) is 0 Å². The average molecular weight is 195 g/mol. The van der Waals surface area contributed by atoms with Gasteiger partial charge in [0.05, 0.1) is 0 Å². The van der Waals surface area contributed by atoms with Crippen LogP contribution in [0.2, 0.25) is 0 Å². The topological polar surface area (TPSA) is 0 Å². The normalized spacial score (nSPS) is 9.08. The Morgan fingerprint density at radius 3 is 1.75 bits per heavy atom. The van der Waals surface area contributed by atoms with Gasteiger partial charge in [-0.2, -0.15) is 13.2 Å². The van der Waals surface area contributed by atoms with Crippen LogP contribution < -0.4 is 0 Å². The second-order valence-electron chi connectivity index (χ2n) is 1.81. The molecule has 0 amide bonds. The standard InChI is InChI=1S/C7H8S.CHF3/c1-8-7-5-3-2-4-6-7;2-1(3)4/h2-6H,1H3;1H/p+1. The average Bonchev–Trinajstić information content (AvgIpc) is 2.05. The number of halogens is 3. The molecule has 0 fully saturated rings. The highest BCUT2D eigenvalue weighted by molar-refractivity contribution is 7.77. The van der Waals surface area contributed by atoms with Crippen molar-refractivity contribution in [3.8, 4) is 0 Å². The first-order valence-electron chi connectivity index (χ1n) is 3.24. The van der Waals surface area contributed by atoms with Crippen LogP contribution in [0, 0.1) is 0 Å². The zero-order valence-electron chi connectivity index (χ0n) is 6.55. The Kier molecular flexibility index (Phi) is 6.66. The fourth-order valence-corrected chi connectivity index (χ4v) is 1.05. The maximum Gasteiger partial charge on any atom is 0.379 e. The Bertz CT molecular complexity index is 186. The van der Waals surface area contributed by atoms with Gasteiger partial charge < -0.3 is 0 Å². The van der Waals surface area contributed by atoms with E-state index in [9.17, 15) is 13.2 Å². The predicted molar refractivity (Wildman–Crippen MR) is 46.5 cm³/mol. The van der Waals surface area contributed by atoms with Crippen LogP contribution in [0.5, 0.6) is 0 Å². The molecule has 0 aliphatic heterocycles. The molecule has 0 heterocycles. The van der Waals surface area contributed by atoms with E-state index in [-0.39, 0.29) is 0 Å². The highest BCUT2D eigenvalue weighted by Gasteiger charge is 1.89. The molecule has 0 nitrogen and oxygen atoms in total. The zero-order chi connectivity index (χ0) is 9.40. The molecule has 1 rings (SSSR count). The van der Waals surface area contributed by atoms with E-state index in [1.807, 2.05) is 6.07 Å². The van der Waals surface area contributed by atoms with Gasteiger partial charge in [-0.1, -0.05) is 18.2 Å². The van der Waals surface area contributed by atoms with Gasteiger partial charge in [-0.05, 0) is 12.1 Å². The molecule has 0 aromatic heterocycles. The van der Waals surface area contributed by atoms with Crippen molar-refractivity contribution in [2.45, 2.75) is 11.6 Å². The van der Waals surface area contributed by atoms with Crippen molar-refractivity contribution in [2.24, 2.45) is 0 Å². The molecule has 1 aromatic carbocycles. The maximum absolute atomic E-state index is 9.67. The lowest BCUT2D eigenvalue weighted by atomic mass is 10.4. The van der Waals surface area contributed by atoms with Crippen LogP contribution in [0.4, 0.5) is 13.2 Å². The lowest BCUT2D eigenvalue weighted by molar-refractivity contribution is 0.00819. The van der Waals surface area contributed by atoms with E-state index >= 15 is 0 Å². The first-order valence-corrected chi connectivity index (χ1v) is 4.58. The van der Waals surface area contributed by atoms with Crippen molar-refractivity contribution >= 4 is 11.8 Å². The molecular weight excluding hydrogens is 185 g/mol. The first-order chi connectivity index (χ1) is 5.66. The van der Waals surface area contributed by atoms with Crippen LogP contribution in [-0.2, 0) is 11.8 Å². The molecular formula is C8H10F3S+. The zero-order valence-corrected chi connectivity index (χ0v) is 7.44. The molecule has 0 aliphatic carbocycles. The third-order valence-electron chi connectivity index (χ3n) is 1.01. The molecule has 0 saturated carbocycles. The molecule has 0 aliphatic rings. The fraction of sp³-hybridized carbons (Fsp3) is 0.250. The largest absolute Gasteiger partial charge is 0.379 e. The van der Waals surface area contributed by atoms with E-state index in [0.29, 0.717) is 0 Å². The molecule has 1 aromatic rings. The smallest absolute Gasteiger partial charge is 0.174 e. The minimum Gasteiger partial charge on any atom is -0.174 e. The van der Waals surface area contributed by atoms with E-state index in [2.05, 4.69) is 30.5 Å². The summed E-state index contributed by atoms with van der Waals surface area (Å²) in [6.07, 6.45) is 2.13. The maximum atomic E-state index is 9.67. The predicted octanol–water partition coefficient (Wildman–Crippen LogP) is 2.67. The molecule has 4 heteroatoms. The van der Waals surface area contributed by atoms with Gasteiger partial charge in [-0.15, -0.1) is 0 Å². The van der Waals surface area contributed by atoms with E-state index in [4.69, 9.17) is 0 Å². The van der Waals surface area contributed by atoms with Gasteiger partial charge in [0.1, 0.15) is 6.26 Å². The Morgan fingerprint density at radius 2 is 1.50 bits per heavy atom. The van der Waals surface area contributed by atoms with Gasteiger partial charge in [-0.25, -0.2) is 0 Å². The number of benzene rings is 1. The van der Waals surface area contributed by atoms with Crippen molar-refractivity contribution in [1.29, 1.82) is 0 Å². The van der Waals surface area contributed by atoms with Crippen LogP contribution in [0.15, 0.2) is 35.2 Å². The Morgan fingerprint density at radius 1 is 1.08 bits per heavy atom. The molecule has 68 valence electrons. The van der Waals surface area contributed by atoms with E-state index in [0.717, 1.165) is 0 Å². The van der Waals surface area contributed by atoms with E-state index in [1.165, 1.54) is 16.7 Å². The lowest BCUT2D eigenvalue weighted by Gasteiger charge is -1.81. The molecule has 0 atom stereocenters. The van der Waals surface area contributed by atoms with Gasteiger partial charge in [0, 0.05) is 11.8 Å². The van der Waals surface area contributed by atoms with Crippen LogP contribution in [0.1, 0.15) is 0 Å². The minimum absolute atomic E-state index is 1.35. The van der Waals surface area contributed by atoms with Crippen LogP contribution >= 0.6 is 0 Å². The molecule has 0 unspecified atom stereocenters. The Balaban J connectivity index is 0.000000261. The third-order valence-corrected chi connectivity index (χ3v) is 1.83. The number of hydrogen-bond acceptors (Lipinski definition) is 0. The van der Waals surface area contributed by atoms with Crippen molar-refractivity contribution < 1.29 is 13.2 Å². The highest BCUT2D eigenvalue weighted by atomic mass is 32.2. The van der Waals surface area contributed by atoms with Gasteiger partial charge in [-0.3, -0.25) is 0 Å². The molecule has 0 N–H and O–H groups in total. The van der Waals surface area contributed by atoms with Crippen molar-refractivity contribution in [3.63, 3.8) is 0 Å². The van der Waals surface area contributed by atoms with Crippen LogP contribution in [-0.4, -0.2) is 12.9 Å². The van der Waals surface area contributed by atoms with Crippen LogP contribution in [0.3, 0.4) is 0 Å². The minimum atomic E-state index is -3.67. The summed E-state index contributed by atoms with van der Waals surface area (Å²) in [7, 11) is 0. The summed E-state index contributed by atoms with van der Waals surface area (Å²) >= 11 is 1.35. The SMILES string of the molecule is C[SH+]c1ccccc1.FC(F)F. The summed E-state index contributed by atoms with van der Waals surface area (Å²) < 4.78 is 29.0. The summed E-state index contributed by atoms with van der Waals surface area (Å²) in [6, 6.07) is 10.4. The Labute approximate surface area is 73.8 Å². The number of thiol groups is 1. The summed E-state index contributed by atoms with van der Waals surface area (Å²) in [5.74, 6) is 0. The monoisotopic (exact) mass is 195 g/mol. The molecule has 0 saturated heterocycles. The third kappa shape index (κ3) is 7.47. The van der Waals surface area contributed by atoms with Gasteiger partial charge in [0.25, 0.3) is 0 Å². The second-order valence-corrected chi connectivity index (χ2v) is 2.77. The van der Waals surface area contributed by atoms with Crippen LogP contribution in [0.25, 0.3) is 0 Å².